The lowest BCUT2D eigenvalue weighted by atomic mass is 10.1. The van der Waals surface area contributed by atoms with Crippen LogP contribution in [-0.4, -0.2) is 21.9 Å². The van der Waals surface area contributed by atoms with E-state index < -0.39 is 28.1 Å². The van der Waals surface area contributed by atoms with Crippen LogP contribution in [0, 0.1) is 15.9 Å². The van der Waals surface area contributed by atoms with E-state index in [0.717, 1.165) is 29.2 Å². The summed E-state index contributed by atoms with van der Waals surface area (Å²) in [6.07, 6.45) is 0.960. The molecule has 0 bridgehead atoms. The summed E-state index contributed by atoms with van der Waals surface area (Å²) in [5.74, 6) is -1.32. The minimum Gasteiger partial charge on any atom is -0.457 e. The van der Waals surface area contributed by atoms with Crippen molar-refractivity contribution < 1.29 is 23.6 Å². The maximum absolute atomic E-state index is 14.2. The third-order valence-electron chi connectivity index (χ3n) is 4.67. The number of anilines is 1. The molecule has 164 valence electrons. The minimum absolute atomic E-state index is 0.154. The molecule has 0 aliphatic carbocycles. The van der Waals surface area contributed by atoms with Gasteiger partial charge in [-0.2, -0.15) is 0 Å². The molecule has 1 N–H and O–H groups in total. The second-order valence-electron chi connectivity index (χ2n) is 6.83. The second kappa shape index (κ2) is 8.97. The number of para-hydroxylation sites is 1. The van der Waals surface area contributed by atoms with E-state index >= 15 is 0 Å². The van der Waals surface area contributed by atoms with Crippen LogP contribution in [0.5, 0.6) is 11.5 Å². The Kier molecular flexibility index (Phi) is 5.92. The number of halogens is 1. The van der Waals surface area contributed by atoms with Gasteiger partial charge in [-0.05, 0) is 60.8 Å². The Morgan fingerprint density at radius 3 is 2.33 bits per heavy atom. The molecule has 10 heteroatoms. The smallest absolute Gasteiger partial charge is 0.270 e. The maximum Gasteiger partial charge on any atom is 0.270 e. The van der Waals surface area contributed by atoms with Gasteiger partial charge in [0.1, 0.15) is 22.9 Å². The van der Waals surface area contributed by atoms with Crippen LogP contribution in [0.3, 0.4) is 0 Å². The molecular formula is C23H14FN3O5S. The summed E-state index contributed by atoms with van der Waals surface area (Å²) in [6.45, 7) is 0. The molecule has 0 spiro atoms. The summed E-state index contributed by atoms with van der Waals surface area (Å²) in [6, 6.07) is 18.3. The monoisotopic (exact) mass is 463 g/mol. The molecule has 0 radical (unpaired) electrons. The molecule has 1 aliphatic rings. The van der Waals surface area contributed by atoms with Crippen LogP contribution in [0.1, 0.15) is 5.56 Å². The number of thiocarbonyl (C=S) groups is 1. The normalized spacial score (nSPS) is 14.9. The van der Waals surface area contributed by atoms with Crippen LogP contribution in [0.25, 0.3) is 6.08 Å². The van der Waals surface area contributed by atoms with Crippen molar-refractivity contribution in [2.75, 3.05) is 4.90 Å². The highest BCUT2D eigenvalue weighted by Crippen LogP contribution is 2.27. The minimum atomic E-state index is -0.837. The number of carbonyl (C=O) groups excluding carboxylic acids is 2. The lowest BCUT2D eigenvalue weighted by Crippen LogP contribution is -2.54. The van der Waals surface area contributed by atoms with Gasteiger partial charge in [-0.15, -0.1) is 0 Å². The molecule has 3 aromatic rings. The van der Waals surface area contributed by atoms with Gasteiger partial charge in [0.15, 0.2) is 5.11 Å². The quantitative estimate of drug-likeness (QED) is 0.198. The van der Waals surface area contributed by atoms with Crippen molar-refractivity contribution in [3.63, 3.8) is 0 Å². The summed E-state index contributed by atoms with van der Waals surface area (Å²) >= 11 is 5.15. The van der Waals surface area contributed by atoms with Crippen molar-refractivity contribution in [2.45, 2.75) is 0 Å². The van der Waals surface area contributed by atoms with Crippen molar-refractivity contribution in [1.82, 2.24) is 5.32 Å². The number of nitro benzene ring substituents is 1. The fraction of sp³-hybridized carbons (Fsp3) is 0. The first-order chi connectivity index (χ1) is 15.8. The topological polar surface area (TPSA) is 102 Å². The Labute approximate surface area is 192 Å². The summed E-state index contributed by atoms with van der Waals surface area (Å²) in [5, 5.41) is 13.2. The SMILES string of the molecule is O=C1NC(=S)N(c2ccc(Oc3ccccc3)cc2)C(=O)/C1=C/c1cc([N+](=O)[O-])ccc1F. The predicted molar refractivity (Wildman–Crippen MR) is 122 cm³/mol. The van der Waals surface area contributed by atoms with E-state index in [1.54, 1.807) is 36.4 Å². The van der Waals surface area contributed by atoms with Gasteiger partial charge in [0, 0.05) is 17.7 Å². The molecule has 8 nitrogen and oxygen atoms in total. The Morgan fingerprint density at radius 2 is 1.67 bits per heavy atom. The molecule has 2 amide bonds. The van der Waals surface area contributed by atoms with Crippen molar-refractivity contribution in [3.8, 4) is 11.5 Å². The number of hydrogen-bond acceptors (Lipinski definition) is 6. The number of hydrogen-bond donors (Lipinski definition) is 1. The number of ether oxygens (including phenoxy) is 1. The Hall–Kier alpha value is -4.44. The molecule has 0 saturated carbocycles. The largest absolute Gasteiger partial charge is 0.457 e. The maximum atomic E-state index is 14.2. The van der Waals surface area contributed by atoms with Crippen molar-refractivity contribution in [2.24, 2.45) is 0 Å². The standard InChI is InChI=1S/C23H14FN3O5S/c24-20-11-8-16(27(30)31)12-14(20)13-19-21(28)25-23(33)26(22(19)29)15-6-9-18(10-7-15)32-17-4-2-1-3-5-17/h1-13H,(H,25,28,33)/b19-13+. The number of nitro groups is 1. The highest BCUT2D eigenvalue weighted by molar-refractivity contribution is 7.80. The lowest BCUT2D eigenvalue weighted by molar-refractivity contribution is -0.384. The first-order valence-corrected chi connectivity index (χ1v) is 9.92. The summed E-state index contributed by atoms with van der Waals surface area (Å²) < 4.78 is 19.9. The molecule has 0 unspecified atom stereocenters. The van der Waals surface area contributed by atoms with E-state index in [1.807, 2.05) is 18.2 Å². The van der Waals surface area contributed by atoms with Gasteiger partial charge >= 0.3 is 0 Å². The van der Waals surface area contributed by atoms with E-state index in [9.17, 15) is 24.1 Å². The third-order valence-corrected chi connectivity index (χ3v) is 4.95. The number of carbonyl (C=O) groups is 2. The molecule has 3 aromatic carbocycles. The number of nitrogens with zero attached hydrogens (tertiary/aromatic N) is 2. The molecule has 0 aromatic heterocycles. The lowest BCUT2D eigenvalue weighted by Gasteiger charge is -2.29. The van der Waals surface area contributed by atoms with Crippen LogP contribution in [0.2, 0.25) is 0 Å². The fourth-order valence-electron chi connectivity index (χ4n) is 3.09. The predicted octanol–water partition coefficient (Wildman–Crippen LogP) is 4.36. The first kappa shape index (κ1) is 21.8. The molecule has 1 saturated heterocycles. The summed E-state index contributed by atoms with van der Waals surface area (Å²) in [7, 11) is 0. The van der Waals surface area contributed by atoms with Crippen LogP contribution in [-0.2, 0) is 9.59 Å². The van der Waals surface area contributed by atoms with Crippen molar-refractivity contribution in [1.29, 1.82) is 0 Å². The average Bonchev–Trinajstić information content (AvgIpc) is 2.79. The number of non-ortho nitro benzene ring substituents is 1. The second-order valence-corrected chi connectivity index (χ2v) is 7.22. The molecular weight excluding hydrogens is 449 g/mol. The molecule has 0 atom stereocenters. The van der Waals surface area contributed by atoms with Gasteiger partial charge in [0.25, 0.3) is 17.5 Å². The van der Waals surface area contributed by atoms with E-state index in [4.69, 9.17) is 17.0 Å². The number of nitrogens with one attached hydrogen (secondary N) is 1. The van der Waals surface area contributed by atoms with Gasteiger partial charge in [-0.1, -0.05) is 18.2 Å². The first-order valence-electron chi connectivity index (χ1n) is 9.52. The number of benzene rings is 3. The number of amides is 2. The van der Waals surface area contributed by atoms with Crippen LogP contribution < -0.4 is 15.0 Å². The van der Waals surface area contributed by atoms with Crippen molar-refractivity contribution >= 4 is 46.6 Å². The Bertz CT molecular complexity index is 1310. The van der Waals surface area contributed by atoms with Crippen molar-refractivity contribution in [3.05, 3.63) is 99.9 Å². The van der Waals surface area contributed by atoms with E-state index in [1.165, 1.54) is 0 Å². The molecule has 33 heavy (non-hydrogen) atoms. The molecule has 1 fully saturated rings. The summed E-state index contributed by atoms with van der Waals surface area (Å²) in [5.41, 5.74) is -0.737. The number of rotatable bonds is 5. The highest BCUT2D eigenvalue weighted by Gasteiger charge is 2.34. The van der Waals surface area contributed by atoms with E-state index in [2.05, 4.69) is 5.32 Å². The molecule has 1 aliphatic heterocycles. The van der Waals surface area contributed by atoms with Gasteiger partial charge in [-0.25, -0.2) is 4.39 Å². The summed E-state index contributed by atoms with van der Waals surface area (Å²) in [4.78, 5) is 36.8. The third kappa shape index (κ3) is 4.60. The molecule has 1 heterocycles. The van der Waals surface area contributed by atoms with Crippen LogP contribution in [0.4, 0.5) is 15.8 Å². The van der Waals surface area contributed by atoms with Crippen LogP contribution >= 0.6 is 12.2 Å². The van der Waals surface area contributed by atoms with Gasteiger partial charge in [0.05, 0.1) is 10.6 Å². The highest BCUT2D eigenvalue weighted by atomic mass is 32.1. The zero-order valence-electron chi connectivity index (χ0n) is 16.7. The average molecular weight is 463 g/mol. The Balaban J connectivity index is 1.64. The zero-order chi connectivity index (χ0) is 23.5. The van der Waals surface area contributed by atoms with E-state index in [-0.39, 0.29) is 16.4 Å². The zero-order valence-corrected chi connectivity index (χ0v) is 17.5. The fourth-order valence-corrected chi connectivity index (χ4v) is 3.37. The van der Waals surface area contributed by atoms with Crippen LogP contribution in [0.15, 0.2) is 78.4 Å². The van der Waals surface area contributed by atoms with Gasteiger partial charge in [0.2, 0.25) is 0 Å². The van der Waals surface area contributed by atoms with E-state index in [0.29, 0.717) is 17.2 Å². The Morgan fingerprint density at radius 1 is 1.00 bits per heavy atom. The van der Waals surface area contributed by atoms with Gasteiger partial charge in [-0.3, -0.25) is 29.9 Å². The van der Waals surface area contributed by atoms with Gasteiger partial charge < -0.3 is 4.74 Å². The molecule has 4 rings (SSSR count).